The van der Waals surface area contributed by atoms with E-state index in [0.717, 1.165) is 30.8 Å². The fourth-order valence-electron chi connectivity index (χ4n) is 1.95. The topological polar surface area (TPSA) is 44.5 Å². The van der Waals surface area contributed by atoms with E-state index >= 15 is 0 Å². The molecule has 1 aliphatic heterocycles. The van der Waals surface area contributed by atoms with Crippen molar-refractivity contribution in [3.63, 3.8) is 0 Å². The quantitative estimate of drug-likeness (QED) is 0.900. The van der Waals surface area contributed by atoms with Gasteiger partial charge in [0.05, 0.1) is 6.10 Å². The van der Waals surface area contributed by atoms with Crippen molar-refractivity contribution in [3.8, 4) is 5.75 Å². The molecular formula is C13H18ClNO2. The second kappa shape index (κ2) is 6.24. The molecule has 1 aliphatic rings. The van der Waals surface area contributed by atoms with Crippen LogP contribution in [0.4, 0.5) is 0 Å². The molecule has 1 unspecified atom stereocenters. The third-order valence-corrected chi connectivity index (χ3v) is 3.18. The first-order valence-corrected chi connectivity index (χ1v) is 6.40. The van der Waals surface area contributed by atoms with Crippen LogP contribution in [0, 0.1) is 0 Å². The van der Waals surface area contributed by atoms with Crippen LogP contribution < -0.4 is 10.5 Å². The van der Waals surface area contributed by atoms with Crippen molar-refractivity contribution in [3.05, 3.63) is 28.8 Å². The van der Waals surface area contributed by atoms with Crippen LogP contribution >= 0.6 is 11.6 Å². The van der Waals surface area contributed by atoms with Crippen LogP contribution in [-0.2, 0) is 11.3 Å². The normalized spacial score (nSPS) is 20.2. The van der Waals surface area contributed by atoms with Gasteiger partial charge in [-0.15, -0.1) is 0 Å². The highest BCUT2D eigenvalue weighted by Gasteiger charge is 2.15. The Kier molecular flexibility index (Phi) is 4.66. The Labute approximate surface area is 107 Å². The maximum Gasteiger partial charge on any atom is 0.125 e. The summed E-state index contributed by atoms with van der Waals surface area (Å²) in [5, 5.41) is 0.668. The van der Waals surface area contributed by atoms with Crippen LogP contribution in [0.5, 0.6) is 5.75 Å². The van der Waals surface area contributed by atoms with Gasteiger partial charge in [-0.05, 0) is 31.4 Å². The lowest BCUT2D eigenvalue weighted by molar-refractivity contribution is -0.0112. The van der Waals surface area contributed by atoms with Gasteiger partial charge in [-0.25, -0.2) is 0 Å². The highest BCUT2D eigenvalue weighted by atomic mass is 35.5. The van der Waals surface area contributed by atoms with Crippen LogP contribution in [0.1, 0.15) is 24.8 Å². The Morgan fingerprint density at radius 1 is 1.41 bits per heavy atom. The average molecular weight is 256 g/mol. The summed E-state index contributed by atoms with van der Waals surface area (Å²) < 4.78 is 11.4. The Bertz CT molecular complexity index is 364. The summed E-state index contributed by atoms with van der Waals surface area (Å²) in [5.41, 5.74) is 6.63. The van der Waals surface area contributed by atoms with Crippen LogP contribution in [0.2, 0.25) is 5.02 Å². The molecule has 1 saturated heterocycles. The molecule has 0 amide bonds. The first kappa shape index (κ1) is 12.7. The number of nitrogens with two attached hydrogens (primary N) is 1. The van der Waals surface area contributed by atoms with Gasteiger partial charge in [0.2, 0.25) is 0 Å². The summed E-state index contributed by atoms with van der Waals surface area (Å²) in [5.74, 6) is 0.772. The first-order valence-electron chi connectivity index (χ1n) is 6.02. The number of halogens is 1. The summed E-state index contributed by atoms with van der Waals surface area (Å²) in [7, 11) is 0. The number of hydrogen-bond donors (Lipinski definition) is 1. The van der Waals surface area contributed by atoms with E-state index in [9.17, 15) is 0 Å². The molecule has 2 rings (SSSR count). The van der Waals surface area contributed by atoms with Crippen molar-refractivity contribution in [2.75, 3.05) is 13.2 Å². The zero-order valence-electron chi connectivity index (χ0n) is 9.82. The van der Waals surface area contributed by atoms with Crippen molar-refractivity contribution >= 4 is 11.6 Å². The van der Waals surface area contributed by atoms with Crippen LogP contribution in [0.25, 0.3) is 0 Å². The lowest BCUT2D eigenvalue weighted by atomic mass is 10.1. The lowest BCUT2D eigenvalue weighted by Crippen LogP contribution is -2.26. The zero-order valence-corrected chi connectivity index (χ0v) is 10.6. The molecular weight excluding hydrogens is 238 g/mol. The third-order valence-electron chi connectivity index (χ3n) is 2.95. The van der Waals surface area contributed by atoms with E-state index in [1.165, 1.54) is 6.42 Å². The summed E-state index contributed by atoms with van der Waals surface area (Å²) >= 11 is 5.94. The van der Waals surface area contributed by atoms with E-state index in [1.807, 2.05) is 18.2 Å². The number of rotatable bonds is 4. The molecule has 0 radical (unpaired) electrons. The summed E-state index contributed by atoms with van der Waals surface area (Å²) in [6.45, 7) is 1.87. The Morgan fingerprint density at radius 3 is 3.00 bits per heavy atom. The Balaban J connectivity index is 1.95. The number of hydrogen-bond acceptors (Lipinski definition) is 3. The van der Waals surface area contributed by atoms with Gasteiger partial charge in [0.1, 0.15) is 12.4 Å². The molecule has 0 aromatic heterocycles. The molecule has 0 spiro atoms. The molecule has 1 atom stereocenters. The van der Waals surface area contributed by atoms with Crippen molar-refractivity contribution in [2.24, 2.45) is 5.73 Å². The molecule has 1 heterocycles. The number of benzene rings is 1. The van der Waals surface area contributed by atoms with Crippen LogP contribution in [0.15, 0.2) is 18.2 Å². The van der Waals surface area contributed by atoms with Crippen molar-refractivity contribution < 1.29 is 9.47 Å². The average Bonchev–Trinajstić information content (AvgIpc) is 2.38. The maximum absolute atomic E-state index is 5.94. The molecule has 0 aliphatic carbocycles. The highest BCUT2D eigenvalue weighted by Crippen LogP contribution is 2.24. The largest absolute Gasteiger partial charge is 0.490 e. The predicted molar refractivity (Wildman–Crippen MR) is 68.4 cm³/mol. The monoisotopic (exact) mass is 255 g/mol. The van der Waals surface area contributed by atoms with Crippen molar-refractivity contribution in [2.45, 2.75) is 31.9 Å². The predicted octanol–water partition coefficient (Wildman–Crippen LogP) is 2.75. The van der Waals surface area contributed by atoms with Crippen LogP contribution in [0.3, 0.4) is 0 Å². The van der Waals surface area contributed by atoms with Gasteiger partial charge in [0.25, 0.3) is 0 Å². The molecule has 1 aromatic rings. The summed E-state index contributed by atoms with van der Waals surface area (Å²) in [6, 6.07) is 5.54. The molecule has 1 aromatic carbocycles. The second-order valence-corrected chi connectivity index (χ2v) is 4.69. The van der Waals surface area contributed by atoms with Gasteiger partial charge in [0, 0.05) is 23.7 Å². The van der Waals surface area contributed by atoms with E-state index < -0.39 is 0 Å². The Hall–Kier alpha value is -0.770. The van der Waals surface area contributed by atoms with Gasteiger partial charge in [-0.2, -0.15) is 0 Å². The van der Waals surface area contributed by atoms with Crippen LogP contribution in [-0.4, -0.2) is 19.3 Å². The fraction of sp³-hybridized carbons (Fsp3) is 0.538. The van der Waals surface area contributed by atoms with Gasteiger partial charge >= 0.3 is 0 Å². The molecule has 94 valence electrons. The first-order chi connectivity index (χ1) is 8.29. The summed E-state index contributed by atoms with van der Waals surface area (Å²) in [6.07, 6.45) is 3.64. The highest BCUT2D eigenvalue weighted by molar-refractivity contribution is 6.30. The van der Waals surface area contributed by atoms with Gasteiger partial charge in [-0.1, -0.05) is 17.7 Å². The number of ether oxygens (including phenoxy) is 2. The van der Waals surface area contributed by atoms with Crippen molar-refractivity contribution in [1.82, 2.24) is 0 Å². The lowest BCUT2D eigenvalue weighted by Gasteiger charge is -2.23. The minimum atomic E-state index is 0.202. The van der Waals surface area contributed by atoms with E-state index in [0.29, 0.717) is 18.2 Å². The molecule has 0 bridgehead atoms. The summed E-state index contributed by atoms with van der Waals surface area (Å²) in [4.78, 5) is 0. The van der Waals surface area contributed by atoms with E-state index in [2.05, 4.69) is 0 Å². The van der Waals surface area contributed by atoms with Crippen molar-refractivity contribution in [1.29, 1.82) is 0 Å². The van der Waals surface area contributed by atoms with Gasteiger partial charge < -0.3 is 15.2 Å². The molecule has 3 nitrogen and oxygen atoms in total. The van der Waals surface area contributed by atoms with E-state index in [4.69, 9.17) is 26.8 Å². The molecule has 17 heavy (non-hydrogen) atoms. The Morgan fingerprint density at radius 2 is 2.29 bits per heavy atom. The SMILES string of the molecule is NCc1ccc(Cl)cc1OCC1CCCCO1. The molecule has 4 heteroatoms. The molecule has 2 N–H and O–H groups in total. The molecule has 0 saturated carbocycles. The van der Waals surface area contributed by atoms with E-state index in [-0.39, 0.29) is 6.10 Å². The second-order valence-electron chi connectivity index (χ2n) is 4.26. The zero-order chi connectivity index (χ0) is 12.1. The van der Waals surface area contributed by atoms with Gasteiger partial charge in [-0.3, -0.25) is 0 Å². The standard InChI is InChI=1S/C13H18ClNO2/c14-11-5-4-10(8-15)13(7-11)17-9-12-3-1-2-6-16-12/h4-5,7,12H,1-3,6,8-9,15H2. The maximum atomic E-state index is 5.94. The fourth-order valence-corrected chi connectivity index (χ4v) is 2.12. The van der Waals surface area contributed by atoms with E-state index in [1.54, 1.807) is 0 Å². The molecule has 1 fully saturated rings. The van der Waals surface area contributed by atoms with Gasteiger partial charge in [0.15, 0.2) is 0 Å². The smallest absolute Gasteiger partial charge is 0.125 e. The third kappa shape index (κ3) is 3.60. The minimum Gasteiger partial charge on any atom is -0.490 e. The minimum absolute atomic E-state index is 0.202.